The monoisotopic (exact) mass is 377 g/mol. The normalized spacial score (nSPS) is 10.5. The van der Waals surface area contributed by atoms with Crippen LogP contribution in [0.15, 0.2) is 59.7 Å². The van der Waals surface area contributed by atoms with E-state index in [0.717, 1.165) is 5.56 Å². The number of hydrogen-bond donors (Lipinski definition) is 2. The van der Waals surface area contributed by atoms with Crippen molar-refractivity contribution in [1.82, 2.24) is 19.9 Å². The maximum Gasteiger partial charge on any atom is 0.252 e. The van der Waals surface area contributed by atoms with Gasteiger partial charge < -0.3 is 15.6 Å². The molecule has 28 heavy (non-hydrogen) atoms. The molecule has 3 N–H and O–H groups in total. The number of pyridine rings is 1. The molecule has 0 bridgehead atoms. The molecule has 0 saturated carbocycles. The number of nitrogens with zero attached hydrogens (tertiary/aromatic N) is 3. The van der Waals surface area contributed by atoms with Crippen molar-refractivity contribution >= 4 is 11.8 Å². The number of aryl methyl sites for hydroxylation is 1. The number of rotatable bonds is 6. The molecule has 0 spiro atoms. The molecule has 0 aliphatic rings. The molecule has 3 aromatic rings. The summed E-state index contributed by atoms with van der Waals surface area (Å²) in [6.45, 7) is 0.243. The summed E-state index contributed by atoms with van der Waals surface area (Å²) in [5, 5.41) is 2.75. The second-order valence-electron chi connectivity index (χ2n) is 6.16. The number of benzene rings is 1. The van der Waals surface area contributed by atoms with E-state index in [0.29, 0.717) is 23.5 Å². The van der Waals surface area contributed by atoms with Crippen LogP contribution >= 0.6 is 0 Å². The topological polar surface area (TPSA) is 120 Å². The first kappa shape index (κ1) is 19.0. The van der Waals surface area contributed by atoms with Gasteiger partial charge >= 0.3 is 0 Å². The third kappa shape index (κ3) is 4.29. The Morgan fingerprint density at radius 1 is 1.14 bits per heavy atom. The zero-order valence-corrected chi connectivity index (χ0v) is 15.3. The van der Waals surface area contributed by atoms with Crippen LogP contribution in [-0.4, -0.2) is 32.9 Å². The molecule has 0 atom stereocenters. The number of carbonyl (C=O) groups is 2. The maximum atomic E-state index is 12.3. The third-order valence-corrected chi connectivity index (χ3v) is 4.16. The Kier molecular flexibility index (Phi) is 5.59. The standard InChI is InChI=1S/C20H19N5O3/c1-25-12-14(7-8-17(25)26)20(28)22-10-9-16-15(18(21)27)11-23-19(24-16)13-5-3-2-4-6-13/h2-8,11-12H,9-10H2,1H3,(H2,21,27)(H,22,28). The minimum absolute atomic E-state index is 0.197. The van der Waals surface area contributed by atoms with E-state index in [2.05, 4.69) is 15.3 Å². The lowest BCUT2D eigenvalue weighted by molar-refractivity contribution is 0.0953. The fourth-order valence-electron chi connectivity index (χ4n) is 2.66. The van der Waals surface area contributed by atoms with Crippen LogP contribution in [0, 0.1) is 0 Å². The lowest BCUT2D eigenvalue weighted by atomic mass is 10.1. The number of aromatic nitrogens is 3. The summed E-state index contributed by atoms with van der Waals surface area (Å²) in [6.07, 6.45) is 3.17. The van der Waals surface area contributed by atoms with E-state index < -0.39 is 5.91 Å². The van der Waals surface area contributed by atoms with Crippen LogP contribution in [0.4, 0.5) is 0 Å². The molecule has 8 heteroatoms. The first-order valence-electron chi connectivity index (χ1n) is 8.61. The second kappa shape index (κ2) is 8.26. The summed E-state index contributed by atoms with van der Waals surface area (Å²) < 4.78 is 1.33. The van der Waals surface area contributed by atoms with Crippen LogP contribution < -0.4 is 16.6 Å². The molecule has 3 rings (SSSR count). The van der Waals surface area contributed by atoms with Crippen LogP contribution in [0.5, 0.6) is 0 Å². The highest BCUT2D eigenvalue weighted by molar-refractivity contribution is 5.94. The van der Waals surface area contributed by atoms with Gasteiger partial charge in [0, 0.05) is 44.0 Å². The zero-order valence-electron chi connectivity index (χ0n) is 15.3. The molecule has 1 aromatic carbocycles. The van der Waals surface area contributed by atoms with Gasteiger partial charge in [-0.15, -0.1) is 0 Å². The molecule has 0 saturated heterocycles. The summed E-state index contributed by atoms with van der Waals surface area (Å²) >= 11 is 0. The van der Waals surface area contributed by atoms with Crippen LogP contribution in [-0.2, 0) is 13.5 Å². The van der Waals surface area contributed by atoms with E-state index in [1.54, 1.807) is 7.05 Å². The molecule has 8 nitrogen and oxygen atoms in total. The fourth-order valence-corrected chi connectivity index (χ4v) is 2.66. The summed E-state index contributed by atoms with van der Waals surface area (Å²) in [7, 11) is 1.57. The van der Waals surface area contributed by atoms with Gasteiger partial charge in [0.05, 0.1) is 16.8 Å². The Labute approximate surface area is 161 Å². The molecule has 0 radical (unpaired) electrons. The van der Waals surface area contributed by atoms with Gasteiger partial charge in [0.25, 0.3) is 11.8 Å². The Hall–Kier alpha value is -3.81. The van der Waals surface area contributed by atoms with Crippen molar-refractivity contribution in [2.75, 3.05) is 6.54 Å². The predicted molar refractivity (Wildman–Crippen MR) is 104 cm³/mol. The summed E-state index contributed by atoms with van der Waals surface area (Å²) in [6, 6.07) is 12.1. The zero-order chi connectivity index (χ0) is 20.1. The van der Waals surface area contributed by atoms with Gasteiger partial charge in [0.1, 0.15) is 0 Å². The Morgan fingerprint density at radius 3 is 2.57 bits per heavy atom. The van der Waals surface area contributed by atoms with E-state index in [9.17, 15) is 14.4 Å². The van der Waals surface area contributed by atoms with Crippen molar-refractivity contribution < 1.29 is 9.59 Å². The molecule has 142 valence electrons. The lowest BCUT2D eigenvalue weighted by Gasteiger charge is -2.10. The maximum absolute atomic E-state index is 12.3. The SMILES string of the molecule is Cn1cc(C(=O)NCCc2nc(-c3ccccc3)ncc2C(N)=O)ccc1=O. The number of primary amides is 1. The highest BCUT2D eigenvalue weighted by Crippen LogP contribution is 2.16. The van der Waals surface area contributed by atoms with Gasteiger partial charge in [-0.2, -0.15) is 0 Å². The third-order valence-electron chi connectivity index (χ3n) is 4.16. The average Bonchev–Trinajstić information content (AvgIpc) is 2.70. The molecular formula is C20H19N5O3. The van der Waals surface area contributed by atoms with Crippen LogP contribution in [0.3, 0.4) is 0 Å². The minimum atomic E-state index is -0.626. The van der Waals surface area contributed by atoms with Crippen molar-refractivity contribution in [3.63, 3.8) is 0 Å². The molecule has 2 heterocycles. The van der Waals surface area contributed by atoms with Crippen molar-refractivity contribution in [2.24, 2.45) is 12.8 Å². The van der Waals surface area contributed by atoms with Crippen molar-refractivity contribution in [2.45, 2.75) is 6.42 Å². The Morgan fingerprint density at radius 2 is 1.89 bits per heavy atom. The van der Waals surface area contributed by atoms with Crippen LogP contribution in [0.2, 0.25) is 0 Å². The molecular weight excluding hydrogens is 358 g/mol. The Bertz CT molecular complexity index is 1080. The van der Waals surface area contributed by atoms with E-state index in [1.165, 1.54) is 29.1 Å². The van der Waals surface area contributed by atoms with Crippen molar-refractivity contribution in [3.05, 3.63) is 82.0 Å². The minimum Gasteiger partial charge on any atom is -0.365 e. The van der Waals surface area contributed by atoms with Gasteiger partial charge in [0.2, 0.25) is 5.56 Å². The summed E-state index contributed by atoms with van der Waals surface area (Å²) in [4.78, 5) is 44.0. The molecule has 0 aliphatic carbocycles. The highest BCUT2D eigenvalue weighted by Gasteiger charge is 2.14. The second-order valence-corrected chi connectivity index (χ2v) is 6.16. The average molecular weight is 377 g/mol. The Balaban J connectivity index is 1.75. The fraction of sp³-hybridized carbons (Fsp3) is 0.150. The summed E-state index contributed by atoms with van der Waals surface area (Å²) in [5.74, 6) is -0.474. The van der Waals surface area contributed by atoms with Crippen LogP contribution in [0.1, 0.15) is 26.4 Å². The lowest BCUT2D eigenvalue weighted by Crippen LogP contribution is -2.28. The first-order chi connectivity index (χ1) is 13.5. The molecule has 0 unspecified atom stereocenters. The smallest absolute Gasteiger partial charge is 0.252 e. The first-order valence-corrected chi connectivity index (χ1v) is 8.61. The quantitative estimate of drug-likeness (QED) is 0.662. The largest absolute Gasteiger partial charge is 0.365 e. The van der Waals surface area contributed by atoms with E-state index in [4.69, 9.17) is 5.73 Å². The van der Waals surface area contributed by atoms with E-state index >= 15 is 0 Å². The van der Waals surface area contributed by atoms with Crippen molar-refractivity contribution in [1.29, 1.82) is 0 Å². The molecule has 2 aromatic heterocycles. The summed E-state index contributed by atoms with van der Waals surface area (Å²) in [5.41, 5.74) is 7.08. The number of carbonyl (C=O) groups excluding carboxylic acids is 2. The van der Waals surface area contributed by atoms with Crippen molar-refractivity contribution in [3.8, 4) is 11.4 Å². The van der Waals surface area contributed by atoms with E-state index in [-0.39, 0.29) is 23.6 Å². The highest BCUT2D eigenvalue weighted by atomic mass is 16.2. The number of hydrogen-bond acceptors (Lipinski definition) is 5. The number of nitrogens with one attached hydrogen (secondary N) is 1. The molecule has 0 fully saturated rings. The van der Waals surface area contributed by atoms with Gasteiger partial charge in [-0.1, -0.05) is 30.3 Å². The number of nitrogens with two attached hydrogens (primary N) is 1. The van der Waals surface area contributed by atoms with Crippen LogP contribution in [0.25, 0.3) is 11.4 Å². The molecule has 2 amide bonds. The predicted octanol–water partition coefficient (Wildman–Crippen LogP) is 0.914. The van der Waals surface area contributed by atoms with Gasteiger partial charge in [0.15, 0.2) is 5.82 Å². The van der Waals surface area contributed by atoms with Gasteiger partial charge in [-0.3, -0.25) is 14.4 Å². The van der Waals surface area contributed by atoms with E-state index in [1.807, 2.05) is 30.3 Å². The van der Waals surface area contributed by atoms with Gasteiger partial charge in [-0.25, -0.2) is 9.97 Å². The molecule has 0 aliphatic heterocycles. The number of amides is 2. The van der Waals surface area contributed by atoms with Gasteiger partial charge in [-0.05, 0) is 6.07 Å².